The van der Waals surface area contributed by atoms with Gasteiger partial charge in [-0.25, -0.2) is 0 Å². The zero-order valence-corrected chi connectivity index (χ0v) is 15.2. The second kappa shape index (κ2) is 8.10. The zero-order valence-electron chi connectivity index (χ0n) is 15.2. The van der Waals surface area contributed by atoms with Crippen molar-refractivity contribution in [1.29, 1.82) is 0 Å². The van der Waals surface area contributed by atoms with E-state index >= 15 is 0 Å². The molecule has 1 amide bonds. The lowest BCUT2D eigenvalue weighted by molar-refractivity contribution is -0.120. The van der Waals surface area contributed by atoms with Crippen molar-refractivity contribution in [3.8, 4) is 0 Å². The average molecular weight is 360 g/mol. The summed E-state index contributed by atoms with van der Waals surface area (Å²) in [5.74, 6) is 0.0359. The van der Waals surface area contributed by atoms with Crippen molar-refractivity contribution >= 4 is 27.7 Å². The standard InChI is InChI=1S/C22H24N4O/c27-22(24-12-10-17-14-26-21-8-4-2-6-19(17)21)15-23-11-9-16-13-25-20-7-3-1-5-18(16)20/h1-8,13-14,23,25-26H,9-12,15H2,(H,24,27). The van der Waals surface area contributed by atoms with Gasteiger partial charge in [-0.3, -0.25) is 4.79 Å². The van der Waals surface area contributed by atoms with Gasteiger partial charge in [0, 0.05) is 40.7 Å². The molecule has 0 aliphatic carbocycles. The second-order valence-electron chi connectivity index (χ2n) is 6.75. The van der Waals surface area contributed by atoms with E-state index in [0.29, 0.717) is 13.1 Å². The largest absolute Gasteiger partial charge is 0.361 e. The number of carbonyl (C=O) groups is 1. The van der Waals surface area contributed by atoms with Crippen molar-refractivity contribution in [1.82, 2.24) is 20.6 Å². The molecule has 0 fully saturated rings. The second-order valence-corrected chi connectivity index (χ2v) is 6.75. The van der Waals surface area contributed by atoms with Crippen LogP contribution in [0.2, 0.25) is 0 Å². The van der Waals surface area contributed by atoms with Crippen molar-refractivity contribution in [2.45, 2.75) is 12.8 Å². The third-order valence-electron chi connectivity index (χ3n) is 4.92. The number of para-hydroxylation sites is 2. The third kappa shape index (κ3) is 4.04. The molecule has 5 heteroatoms. The number of fused-ring (bicyclic) bond motifs is 2. The van der Waals surface area contributed by atoms with Gasteiger partial charge in [-0.1, -0.05) is 36.4 Å². The monoisotopic (exact) mass is 360 g/mol. The topological polar surface area (TPSA) is 72.7 Å². The molecule has 4 N–H and O–H groups in total. The van der Waals surface area contributed by atoms with Gasteiger partial charge in [-0.2, -0.15) is 0 Å². The maximum atomic E-state index is 12.0. The normalized spacial score (nSPS) is 11.3. The van der Waals surface area contributed by atoms with Gasteiger partial charge >= 0.3 is 0 Å². The molecule has 2 heterocycles. The molecule has 4 rings (SSSR count). The van der Waals surface area contributed by atoms with E-state index in [1.807, 2.05) is 36.7 Å². The fourth-order valence-electron chi connectivity index (χ4n) is 3.50. The van der Waals surface area contributed by atoms with Crippen LogP contribution in [0.15, 0.2) is 60.9 Å². The molecule has 0 unspecified atom stereocenters. The Labute approximate surface area is 158 Å². The van der Waals surface area contributed by atoms with E-state index in [0.717, 1.165) is 30.4 Å². The quantitative estimate of drug-likeness (QED) is 0.365. The van der Waals surface area contributed by atoms with E-state index in [2.05, 4.69) is 44.9 Å². The van der Waals surface area contributed by atoms with Crippen molar-refractivity contribution < 1.29 is 4.79 Å². The Morgan fingerprint density at radius 2 is 1.33 bits per heavy atom. The number of amides is 1. The summed E-state index contributed by atoms with van der Waals surface area (Å²) < 4.78 is 0. The molecular weight excluding hydrogens is 336 g/mol. The highest BCUT2D eigenvalue weighted by molar-refractivity contribution is 5.84. The Bertz CT molecular complexity index is 1050. The molecule has 0 aliphatic rings. The Kier molecular flexibility index (Phi) is 5.21. The predicted molar refractivity (Wildman–Crippen MR) is 110 cm³/mol. The molecule has 27 heavy (non-hydrogen) atoms. The lowest BCUT2D eigenvalue weighted by atomic mass is 10.1. The third-order valence-corrected chi connectivity index (χ3v) is 4.92. The van der Waals surface area contributed by atoms with E-state index in [9.17, 15) is 4.79 Å². The minimum Gasteiger partial charge on any atom is -0.361 e. The fraction of sp³-hybridized carbons (Fsp3) is 0.227. The molecule has 5 nitrogen and oxygen atoms in total. The maximum Gasteiger partial charge on any atom is 0.233 e. The highest BCUT2D eigenvalue weighted by atomic mass is 16.1. The van der Waals surface area contributed by atoms with Crippen molar-refractivity contribution in [3.63, 3.8) is 0 Å². The molecule has 138 valence electrons. The molecule has 0 radical (unpaired) electrons. The van der Waals surface area contributed by atoms with Crippen LogP contribution in [0.5, 0.6) is 0 Å². The Morgan fingerprint density at radius 1 is 0.778 bits per heavy atom. The van der Waals surface area contributed by atoms with E-state index in [-0.39, 0.29) is 5.91 Å². The molecule has 0 bridgehead atoms. The predicted octanol–water partition coefficient (Wildman–Crippen LogP) is 3.14. The molecule has 0 aliphatic heterocycles. The van der Waals surface area contributed by atoms with E-state index in [4.69, 9.17) is 0 Å². The number of rotatable bonds is 8. The molecule has 0 spiro atoms. The number of hydrogen-bond donors (Lipinski definition) is 4. The van der Waals surface area contributed by atoms with Crippen molar-refractivity contribution in [3.05, 3.63) is 72.1 Å². The summed E-state index contributed by atoms with van der Waals surface area (Å²) in [6.07, 6.45) is 5.79. The number of hydrogen-bond acceptors (Lipinski definition) is 2. The summed E-state index contributed by atoms with van der Waals surface area (Å²) in [5, 5.41) is 8.69. The van der Waals surface area contributed by atoms with Gasteiger partial charge in [0.25, 0.3) is 0 Å². The van der Waals surface area contributed by atoms with Crippen LogP contribution in [0.3, 0.4) is 0 Å². The van der Waals surface area contributed by atoms with Gasteiger partial charge in [0.05, 0.1) is 6.54 Å². The van der Waals surface area contributed by atoms with Crippen LogP contribution in [0.25, 0.3) is 21.8 Å². The van der Waals surface area contributed by atoms with Gasteiger partial charge in [0.2, 0.25) is 5.91 Å². The molecule has 4 aromatic rings. The Morgan fingerprint density at radius 3 is 1.96 bits per heavy atom. The van der Waals surface area contributed by atoms with Gasteiger partial charge in [0.1, 0.15) is 0 Å². The number of aromatic nitrogens is 2. The minimum atomic E-state index is 0.0359. The van der Waals surface area contributed by atoms with Gasteiger partial charge in [-0.05, 0) is 42.6 Å². The summed E-state index contributed by atoms with van der Waals surface area (Å²) in [7, 11) is 0. The highest BCUT2D eigenvalue weighted by Gasteiger charge is 2.05. The number of benzene rings is 2. The lowest BCUT2D eigenvalue weighted by Crippen LogP contribution is -2.35. The molecule has 0 saturated heterocycles. The van der Waals surface area contributed by atoms with E-state index in [1.54, 1.807) is 0 Å². The van der Waals surface area contributed by atoms with E-state index in [1.165, 1.54) is 21.9 Å². The molecule has 2 aromatic heterocycles. The summed E-state index contributed by atoms with van der Waals surface area (Å²) in [6, 6.07) is 16.5. The highest BCUT2D eigenvalue weighted by Crippen LogP contribution is 2.18. The molecule has 2 aromatic carbocycles. The summed E-state index contributed by atoms with van der Waals surface area (Å²) in [4.78, 5) is 18.6. The number of H-pyrrole nitrogens is 2. The average Bonchev–Trinajstić information content (AvgIpc) is 3.30. The Balaban J connectivity index is 1.18. The van der Waals surface area contributed by atoms with Gasteiger partial charge in [0.15, 0.2) is 0 Å². The SMILES string of the molecule is O=C(CNCCc1c[nH]c2ccccc12)NCCc1c[nH]c2ccccc12. The molecule has 0 atom stereocenters. The number of carbonyl (C=O) groups excluding carboxylic acids is 1. The first kappa shape index (κ1) is 17.4. The smallest absolute Gasteiger partial charge is 0.233 e. The van der Waals surface area contributed by atoms with Gasteiger partial charge < -0.3 is 20.6 Å². The Hall–Kier alpha value is -3.05. The first-order valence-electron chi connectivity index (χ1n) is 9.38. The number of nitrogens with one attached hydrogen (secondary N) is 4. The minimum absolute atomic E-state index is 0.0359. The maximum absolute atomic E-state index is 12.0. The van der Waals surface area contributed by atoms with E-state index < -0.39 is 0 Å². The summed E-state index contributed by atoms with van der Waals surface area (Å²) in [5.41, 5.74) is 4.80. The summed E-state index contributed by atoms with van der Waals surface area (Å²) >= 11 is 0. The van der Waals surface area contributed by atoms with Crippen molar-refractivity contribution in [2.24, 2.45) is 0 Å². The van der Waals surface area contributed by atoms with Crippen LogP contribution in [0.4, 0.5) is 0 Å². The van der Waals surface area contributed by atoms with Crippen LogP contribution in [-0.2, 0) is 17.6 Å². The first-order chi connectivity index (χ1) is 13.3. The first-order valence-corrected chi connectivity index (χ1v) is 9.38. The van der Waals surface area contributed by atoms with Gasteiger partial charge in [-0.15, -0.1) is 0 Å². The molecule has 0 saturated carbocycles. The van der Waals surface area contributed by atoms with Crippen LogP contribution < -0.4 is 10.6 Å². The van der Waals surface area contributed by atoms with Crippen molar-refractivity contribution in [2.75, 3.05) is 19.6 Å². The molecular formula is C22H24N4O. The lowest BCUT2D eigenvalue weighted by Gasteiger charge is -2.06. The van der Waals surface area contributed by atoms with Crippen LogP contribution in [0, 0.1) is 0 Å². The van der Waals surface area contributed by atoms with Crippen LogP contribution >= 0.6 is 0 Å². The van der Waals surface area contributed by atoms with Crippen LogP contribution in [-0.4, -0.2) is 35.5 Å². The fourth-order valence-corrected chi connectivity index (χ4v) is 3.50. The zero-order chi connectivity index (χ0) is 18.5. The van der Waals surface area contributed by atoms with Crippen LogP contribution in [0.1, 0.15) is 11.1 Å². The summed E-state index contributed by atoms with van der Waals surface area (Å²) in [6.45, 7) is 1.76. The number of aromatic amines is 2.